The number of rotatable bonds is 2. The molecule has 0 saturated carbocycles. The Morgan fingerprint density at radius 1 is 0.722 bits per heavy atom. The quantitative estimate of drug-likeness (QED) is 0.258. The monoisotopic (exact) mass is 471 g/mol. The maximum atomic E-state index is 14.2. The SMILES string of the molecule is N#Cc1ccc2c(oc3c(-c4ccccn4)cccc32)c1-n1c2ccc(F)cc2c2cc(F)ccc21. The van der Waals surface area contributed by atoms with E-state index < -0.39 is 11.6 Å². The minimum atomic E-state index is -0.423. The van der Waals surface area contributed by atoms with E-state index in [1.165, 1.54) is 24.3 Å². The third-order valence-electron chi connectivity index (χ3n) is 6.61. The summed E-state index contributed by atoms with van der Waals surface area (Å²) in [4.78, 5) is 4.49. The summed E-state index contributed by atoms with van der Waals surface area (Å²) in [5.74, 6) is -0.846. The molecule has 0 fully saturated rings. The van der Waals surface area contributed by atoms with Gasteiger partial charge in [-0.1, -0.05) is 18.2 Å². The van der Waals surface area contributed by atoms with E-state index in [-0.39, 0.29) is 0 Å². The van der Waals surface area contributed by atoms with Crippen molar-refractivity contribution in [1.82, 2.24) is 9.55 Å². The van der Waals surface area contributed by atoms with Gasteiger partial charge in [0.2, 0.25) is 0 Å². The van der Waals surface area contributed by atoms with Crippen molar-refractivity contribution < 1.29 is 13.2 Å². The van der Waals surface area contributed by atoms with Crippen LogP contribution in [0.25, 0.3) is 60.7 Å². The van der Waals surface area contributed by atoms with Crippen LogP contribution in [0.2, 0.25) is 0 Å². The topological polar surface area (TPSA) is 54.8 Å². The second-order valence-corrected chi connectivity index (χ2v) is 8.61. The normalized spacial score (nSPS) is 11.6. The third kappa shape index (κ3) is 2.80. The lowest BCUT2D eigenvalue weighted by atomic mass is 10.0. The molecule has 7 rings (SSSR count). The molecule has 0 saturated heterocycles. The van der Waals surface area contributed by atoms with Crippen molar-refractivity contribution in [3.63, 3.8) is 0 Å². The number of furan rings is 1. The van der Waals surface area contributed by atoms with Gasteiger partial charge in [-0.15, -0.1) is 0 Å². The van der Waals surface area contributed by atoms with Gasteiger partial charge < -0.3 is 8.98 Å². The molecule has 170 valence electrons. The average Bonchev–Trinajstić information content (AvgIpc) is 3.43. The second kappa shape index (κ2) is 7.49. The molecule has 0 aliphatic rings. The highest BCUT2D eigenvalue weighted by Gasteiger charge is 2.22. The lowest BCUT2D eigenvalue weighted by Gasteiger charge is -2.10. The van der Waals surface area contributed by atoms with Gasteiger partial charge in [-0.25, -0.2) is 8.78 Å². The van der Waals surface area contributed by atoms with Crippen LogP contribution in [0.5, 0.6) is 0 Å². The number of pyridine rings is 1. The summed E-state index contributed by atoms with van der Waals surface area (Å²) >= 11 is 0. The number of nitrogens with zero attached hydrogens (tertiary/aromatic N) is 3. The van der Waals surface area contributed by atoms with Crippen LogP contribution in [-0.4, -0.2) is 9.55 Å². The number of hydrogen-bond donors (Lipinski definition) is 0. The first-order chi connectivity index (χ1) is 17.6. The molecule has 3 aromatic heterocycles. The third-order valence-corrected chi connectivity index (χ3v) is 6.61. The van der Waals surface area contributed by atoms with E-state index in [2.05, 4.69) is 11.1 Å². The average molecular weight is 471 g/mol. The number of hydrogen-bond acceptors (Lipinski definition) is 3. The van der Waals surface area contributed by atoms with Crippen molar-refractivity contribution in [2.75, 3.05) is 0 Å². The maximum absolute atomic E-state index is 14.2. The van der Waals surface area contributed by atoms with Gasteiger partial charge in [0.15, 0.2) is 5.58 Å². The molecule has 0 bridgehead atoms. The Kier molecular flexibility index (Phi) is 4.24. The predicted octanol–water partition coefficient (Wildman–Crippen LogP) is 7.89. The smallest absolute Gasteiger partial charge is 0.160 e. The fourth-order valence-electron chi connectivity index (χ4n) is 5.09. The molecule has 0 unspecified atom stereocenters. The van der Waals surface area contributed by atoms with Crippen LogP contribution in [0, 0.1) is 23.0 Å². The highest BCUT2D eigenvalue weighted by atomic mass is 19.1. The molecule has 4 aromatic carbocycles. The number of fused-ring (bicyclic) bond motifs is 6. The van der Waals surface area contributed by atoms with Crippen molar-refractivity contribution in [2.45, 2.75) is 0 Å². The second-order valence-electron chi connectivity index (χ2n) is 8.61. The Morgan fingerprint density at radius 2 is 1.44 bits per heavy atom. The molecule has 0 spiro atoms. The van der Waals surface area contributed by atoms with Gasteiger partial charge >= 0.3 is 0 Å². The molecule has 6 heteroatoms. The molecule has 0 aliphatic heterocycles. The first-order valence-electron chi connectivity index (χ1n) is 11.3. The molecule has 7 aromatic rings. The summed E-state index contributed by atoms with van der Waals surface area (Å²) in [5, 5.41) is 12.9. The van der Waals surface area contributed by atoms with Crippen LogP contribution >= 0.6 is 0 Å². The highest BCUT2D eigenvalue weighted by molar-refractivity contribution is 6.14. The van der Waals surface area contributed by atoms with Crippen molar-refractivity contribution in [1.29, 1.82) is 5.26 Å². The minimum Gasteiger partial charge on any atom is -0.453 e. The van der Waals surface area contributed by atoms with Gasteiger partial charge in [0.25, 0.3) is 0 Å². The minimum absolute atomic E-state index is 0.383. The summed E-state index contributed by atoms with van der Waals surface area (Å²) in [5.41, 5.74) is 4.97. The van der Waals surface area contributed by atoms with E-state index in [0.717, 1.165) is 22.0 Å². The summed E-state index contributed by atoms with van der Waals surface area (Å²) in [7, 11) is 0. The van der Waals surface area contributed by atoms with Crippen LogP contribution in [0.1, 0.15) is 5.56 Å². The zero-order valence-electron chi connectivity index (χ0n) is 18.7. The van der Waals surface area contributed by atoms with Crippen LogP contribution in [0.3, 0.4) is 0 Å². The molecular weight excluding hydrogens is 456 g/mol. The van der Waals surface area contributed by atoms with Crippen molar-refractivity contribution >= 4 is 43.7 Å². The molecule has 4 nitrogen and oxygen atoms in total. The van der Waals surface area contributed by atoms with E-state index in [9.17, 15) is 14.0 Å². The van der Waals surface area contributed by atoms with Gasteiger partial charge in [-0.3, -0.25) is 4.98 Å². The Balaban J connectivity index is 1.66. The standard InChI is InChI=1S/C30H15F2N3O/c31-18-8-11-26-23(14-18)24-15-19(32)9-12-27(24)35(26)28-17(16-33)7-10-21-20-4-3-5-22(29(20)36-30(21)28)25-6-1-2-13-34-25/h1-15H. The predicted molar refractivity (Wildman–Crippen MR) is 136 cm³/mol. The molecule has 0 amide bonds. The number of benzene rings is 4. The van der Waals surface area contributed by atoms with E-state index in [0.29, 0.717) is 44.2 Å². The lowest BCUT2D eigenvalue weighted by Crippen LogP contribution is -1.98. The number of halogens is 2. The van der Waals surface area contributed by atoms with Gasteiger partial charge in [0, 0.05) is 33.3 Å². The Hall–Kier alpha value is -5.02. The Bertz CT molecular complexity index is 1970. The first-order valence-corrected chi connectivity index (χ1v) is 11.3. The highest BCUT2D eigenvalue weighted by Crippen LogP contribution is 2.41. The molecule has 0 radical (unpaired) electrons. The number of nitriles is 1. The van der Waals surface area contributed by atoms with Gasteiger partial charge in [0.05, 0.1) is 22.3 Å². The summed E-state index contributed by atoms with van der Waals surface area (Å²) in [6.07, 6.45) is 1.73. The Morgan fingerprint density at radius 3 is 2.11 bits per heavy atom. The fourth-order valence-corrected chi connectivity index (χ4v) is 5.09. The van der Waals surface area contributed by atoms with E-state index in [1.54, 1.807) is 24.4 Å². The summed E-state index contributed by atoms with van der Waals surface area (Å²) in [6.45, 7) is 0. The van der Waals surface area contributed by atoms with Crippen LogP contribution in [0.4, 0.5) is 8.78 Å². The zero-order valence-corrected chi connectivity index (χ0v) is 18.7. The molecular formula is C30H15F2N3O. The van der Waals surface area contributed by atoms with Crippen LogP contribution in [-0.2, 0) is 0 Å². The Labute approximate surface area is 203 Å². The molecule has 3 heterocycles. The first kappa shape index (κ1) is 20.4. The zero-order chi connectivity index (χ0) is 24.4. The van der Waals surface area contributed by atoms with Crippen molar-refractivity contribution in [3.8, 4) is 23.0 Å². The van der Waals surface area contributed by atoms with Gasteiger partial charge in [0.1, 0.15) is 29.0 Å². The number of para-hydroxylation sites is 1. The molecule has 0 atom stereocenters. The summed E-state index contributed by atoms with van der Waals surface area (Å²) < 4.78 is 36.9. The van der Waals surface area contributed by atoms with Crippen LogP contribution in [0.15, 0.2) is 95.5 Å². The van der Waals surface area contributed by atoms with Gasteiger partial charge in [-0.2, -0.15) is 5.26 Å². The largest absolute Gasteiger partial charge is 0.453 e. The molecule has 36 heavy (non-hydrogen) atoms. The fraction of sp³-hybridized carbons (Fsp3) is 0. The van der Waals surface area contributed by atoms with Crippen LogP contribution < -0.4 is 0 Å². The number of aromatic nitrogens is 2. The van der Waals surface area contributed by atoms with Gasteiger partial charge in [-0.05, 0) is 66.7 Å². The summed E-state index contributed by atoms with van der Waals surface area (Å²) in [6, 6.07) is 26.2. The van der Waals surface area contributed by atoms with E-state index >= 15 is 0 Å². The van der Waals surface area contributed by atoms with Crippen molar-refractivity contribution in [2.24, 2.45) is 0 Å². The van der Waals surface area contributed by atoms with E-state index in [4.69, 9.17) is 4.42 Å². The molecule has 0 N–H and O–H groups in total. The molecule has 0 aliphatic carbocycles. The van der Waals surface area contributed by atoms with E-state index in [1.807, 2.05) is 47.0 Å². The maximum Gasteiger partial charge on any atom is 0.160 e. The van der Waals surface area contributed by atoms with Crippen molar-refractivity contribution in [3.05, 3.63) is 108 Å². The lowest BCUT2D eigenvalue weighted by molar-refractivity contribution is 0.628.